The average Bonchev–Trinajstić information content (AvgIpc) is 2.41. The van der Waals surface area contributed by atoms with Gasteiger partial charge in [0, 0.05) is 11.7 Å². The first-order valence-electron chi connectivity index (χ1n) is 7.95. The molecule has 0 radical (unpaired) electrons. The summed E-state index contributed by atoms with van der Waals surface area (Å²) in [5.41, 5.74) is 7.01. The monoisotopic (exact) mass is 325 g/mol. The lowest BCUT2D eigenvalue weighted by molar-refractivity contribution is -0.122. The van der Waals surface area contributed by atoms with Gasteiger partial charge in [0.05, 0.1) is 18.3 Å². The summed E-state index contributed by atoms with van der Waals surface area (Å²) in [5, 5.41) is 3.23. The summed E-state index contributed by atoms with van der Waals surface area (Å²) in [6, 6.07) is 3.91. The van der Waals surface area contributed by atoms with Crippen molar-refractivity contribution < 1.29 is 4.79 Å². The molecule has 124 valence electrons. The SMILES string of the molecule is CC1CCC(C(C)C)C(NC(=O)Cc2ccc(N)cn2)C1.Cl. The zero-order valence-electron chi connectivity index (χ0n) is 13.7. The zero-order chi connectivity index (χ0) is 15.4. The Bertz CT molecular complexity index is 475. The molecule has 1 fully saturated rings. The first-order valence-corrected chi connectivity index (χ1v) is 7.95. The Labute approximate surface area is 139 Å². The molecule has 1 amide bonds. The molecule has 1 aromatic rings. The Kier molecular flexibility index (Phi) is 7.14. The maximum Gasteiger partial charge on any atom is 0.226 e. The fourth-order valence-electron chi connectivity index (χ4n) is 3.33. The molecule has 1 aromatic heterocycles. The minimum atomic E-state index is 0. The lowest BCUT2D eigenvalue weighted by Gasteiger charge is -2.37. The van der Waals surface area contributed by atoms with Crippen molar-refractivity contribution in [1.82, 2.24) is 10.3 Å². The largest absolute Gasteiger partial charge is 0.397 e. The van der Waals surface area contributed by atoms with Gasteiger partial charge < -0.3 is 11.1 Å². The number of nitrogens with zero attached hydrogens (tertiary/aromatic N) is 1. The van der Waals surface area contributed by atoms with Gasteiger partial charge in [-0.1, -0.05) is 27.2 Å². The number of pyridine rings is 1. The molecule has 1 aliphatic rings. The summed E-state index contributed by atoms with van der Waals surface area (Å²) in [6.45, 7) is 6.78. The van der Waals surface area contributed by atoms with E-state index in [0.29, 0.717) is 35.9 Å². The third kappa shape index (κ3) is 5.16. The lowest BCUT2D eigenvalue weighted by Crippen LogP contribution is -2.46. The number of hydrogen-bond donors (Lipinski definition) is 2. The number of nitrogens with two attached hydrogens (primary N) is 1. The van der Waals surface area contributed by atoms with Crippen molar-refractivity contribution in [2.75, 3.05) is 5.73 Å². The number of anilines is 1. The highest BCUT2D eigenvalue weighted by Crippen LogP contribution is 2.33. The summed E-state index contributed by atoms with van der Waals surface area (Å²) in [6.07, 6.45) is 5.50. The minimum absolute atomic E-state index is 0. The van der Waals surface area contributed by atoms with Crippen molar-refractivity contribution in [3.05, 3.63) is 24.0 Å². The smallest absolute Gasteiger partial charge is 0.226 e. The molecule has 5 heteroatoms. The summed E-state index contributed by atoms with van der Waals surface area (Å²) < 4.78 is 0. The van der Waals surface area contributed by atoms with Crippen LogP contribution in [0.25, 0.3) is 0 Å². The molecular weight excluding hydrogens is 298 g/mol. The molecular formula is C17H28ClN3O. The van der Waals surface area contributed by atoms with Gasteiger partial charge in [-0.2, -0.15) is 0 Å². The van der Waals surface area contributed by atoms with Crippen LogP contribution in [0, 0.1) is 17.8 Å². The van der Waals surface area contributed by atoms with Crippen LogP contribution in [0.15, 0.2) is 18.3 Å². The van der Waals surface area contributed by atoms with E-state index in [4.69, 9.17) is 5.73 Å². The Morgan fingerprint density at radius 3 is 2.73 bits per heavy atom. The fourth-order valence-corrected chi connectivity index (χ4v) is 3.33. The molecule has 1 heterocycles. The Morgan fingerprint density at radius 2 is 2.14 bits per heavy atom. The van der Waals surface area contributed by atoms with Crippen LogP contribution < -0.4 is 11.1 Å². The molecule has 2 rings (SSSR count). The van der Waals surface area contributed by atoms with Crippen molar-refractivity contribution in [2.24, 2.45) is 17.8 Å². The van der Waals surface area contributed by atoms with E-state index in [0.717, 1.165) is 12.1 Å². The van der Waals surface area contributed by atoms with Crippen molar-refractivity contribution in [3.63, 3.8) is 0 Å². The molecule has 1 aliphatic carbocycles. The molecule has 3 N–H and O–H groups in total. The van der Waals surface area contributed by atoms with Crippen LogP contribution in [0.4, 0.5) is 5.69 Å². The van der Waals surface area contributed by atoms with E-state index in [9.17, 15) is 4.79 Å². The quantitative estimate of drug-likeness (QED) is 0.893. The minimum Gasteiger partial charge on any atom is -0.397 e. The molecule has 0 aromatic carbocycles. The number of nitrogens with one attached hydrogen (secondary N) is 1. The first kappa shape index (κ1) is 18.8. The predicted molar refractivity (Wildman–Crippen MR) is 92.9 cm³/mol. The van der Waals surface area contributed by atoms with Gasteiger partial charge >= 0.3 is 0 Å². The summed E-state index contributed by atoms with van der Waals surface area (Å²) in [4.78, 5) is 16.5. The highest BCUT2D eigenvalue weighted by molar-refractivity contribution is 5.85. The molecule has 0 spiro atoms. The number of carbonyl (C=O) groups is 1. The van der Waals surface area contributed by atoms with Crippen molar-refractivity contribution in [3.8, 4) is 0 Å². The maximum absolute atomic E-state index is 12.3. The molecule has 22 heavy (non-hydrogen) atoms. The molecule has 1 saturated carbocycles. The Hall–Kier alpha value is -1.29. The number of amides is 1. The van der Waals surface area contributed by atoms with Gasteiger partial charge in [-0.3, -0.25) is 9.78 Å². The van der Waals surface area contributed by atoms with Gasteiger partial charge in [-0.05, 0) is 42.7 Å². The Balaban J connectivity index is 0.00000242. The van der Waals surface area contributed by atoms with Crippen LogP contribution >= 0.6 is 12.4 Å². The van der Waals surface area contributed by atoms with Gasteiger partial charge in [0.15, 0.2) is 0 Å². The number of halogens is 1. The molecule has 0 aliphatic heterocycles. The number of nitrogen functional groups attached to an aromatic ring is 1. The van der Waals surface area contributed by atoms with E-state index in [1.165, 1.54) is 12.8 Å². The lowest BCUT2D eigenvalue weighted by atomic mass is 9.74. The standard InChI is InChI=1S/C17H27N3O.ClH/c1-11(2)15-7-4-12(3)8-16(15)20-17(21)9-14-6-5-13(18)10-19-14;/h5-6,10-12,15-16H,4,7-9,18H2,1-3H3,(H,20,21);1H. The van der Waals surface area contributed by atoms with Gasteiger partial charge in [-0.25, -0.2) is 0 Å². The molecule has 4 nitrogen and oxygen atoms in total. The summed E-state index contributed by atoms with van der Waals surface area (Å²) >= 11 is 0. The van der Waals surface area contributed by atoms with Crippen LogP contribution in [0.5, 0.6) is 0 Å². The fraction of sp³-hybridized carbons (Fsp3) is 0.647. The van der Waals surface area contributed by atoms with Gasteiger partial charge in [-0.15, -0.1) is 12.4 Å². The van der Waals surface area contributed by atoms with Crippen LogP contribution in [-0.4, -0.2) is 16.9 Å². The third-order valence-electron chi connectivity index (χ3n) is 4.56. The summed E-state index contributed by atoms with van der Waals surface area (Å²) in [7, 11) is 0. The van der Waals surface area contributed by atoms with Gasteiger partial charge in [0.2, 0.25) is 5.91 Å². The van der Waals surface area contributed by atoms with E-state index in [1.54, 1.807) is 12.3 Å². The summed E-state index contributed by atoms with van der Waals surface area (Å²) in [5.74, 6) is 1.96. The van der Waals surface area contributed by atoms with Crippen LogP contribution in [0.2, 0.25) is 0 Å². The van der Waals surface area contributed by atoms with E-state index in [1.807, 2.05) is 6.07 Å². The van der Waals surface area contributed by atoms with Gasteiger partial charge in [0.1, 0.15) is 0 Å². The first-order chi connectivity index (χ1) is 9.95. The molecule has 3 atom stereocenters. The highest BCUT2D eigenvalue weighted by Gasteiger charge is 2.31. The molecule has 3 unspecified atom stereocenters. The van der Waals surface area contributed by atoms with Crippen molar-refractivity contribution >= 4 is 24.0 Å². The second kappa shape index (κ2) is 8.37. The van der Waals surface area contributed by atoms with Crippen molar-refractivity contribution in [2.45, 2.75) is 52.5 Å². The number of hydrogen-bond acceptors (Lipinski definition) is 3. The number of carbonyl (C=O) groups excluding carboxylic acids is 1. The second-order valence-electron chi connectivity index (χ2n) is 6.76. The normalized spacial score (nSPS) is 24.6. The van der Waals surface area contributed by atoms with E-state index in [2.05, 4.69) is 31.1 Å². The Morgan fingerprint density at radius 1 is 1.41 bits per heavy atom. The topological polar surface area (TPSA) is 68.0 Å². The highest BCUT2D eigenvalue weighted by atomic mass is 35.5. The van der Waals surface area contributed by atoms with E-state index >= 15 is 0 Å². The zero-order valence-corrected chi connectivity index (χ0v) is 14.5. The number of rotatable bonds is 4. The van der Waals surface area contributed by atoms with Gasteiger partial charge in [0.25, 0.3) is 0 Å². The maximum atomic E-state index is 12.3. The average molecular weight is 326 g/mol. The molecule has 0 bridgehead atoms. The van der Waals surface area contributed by atoms with Crippen LogP contribution in [0.3, 0.4) is 0 Å². The predicted octanol–water partition coefficient (Wildman–Crippen LogP) is 3.21. The van der Waals surface area contributed by atoms with E-state index < -0.39 is 0 Å². The number of aromatic nitrogens is 1. The van der Waals surface area contributed by atoms with Crippen LogP contribution in [-0.2, 0) is 11.2 Å². The second-order valence-corrected chi connectivity index (χ2v) is 6.76. The molecule has 0 saturated heterocycles. The third-order valence-corrected chi connectivity index (χ3v) is 4.56. The van der Waals surface area contributed by atoms with Crippen molar-refractivity contribution in [1.29, 1.82) is 0 Å². The van der Waals surface area contributed by atoms with E-state index in [-0.39, 0.29) is 18.3 Å². The van der Waals surface area contributed by atoms with Crippen LogP contribution in [0.1, 0.15) is 45.7 Å².